The molecule has 1 amide bonds. The second-order valence-electron chi connectivity index (χ2n) is 6.72. The van der Waals surface area contributed by atoms with Gasteiger partial charge >= 0.3 is 0 Å². The first kappa shape index (κ1) is 20.5. The van der Waals surface area contributed by atoms with Crippen molar-refractivity contribution in [3.05, 3.63) is 41.5 Å². The quantitative estimate of drug-likeness (QED) is 0.346. The third-order valence-corrected chi connectivity index (χ3v) is 4.33. The molecule has 0 aliphatic rings. The number of hydrogen-bond acceptors (Lipinski definition) is 1. The van der Waals surface area contributed by atoms with Crippen LogP contribution in [0.25, 0.3) is 6.08 Å². The Balaban J connectivity index is 1.95. The molecular formula is C22H35NO. The van der Waals surface area contributed by atoms with Crippen LogP contribution in [0, 0.1) is 6.92 Å². The zero-order chi connectivity index (χ0) is 17.5. The van der Waals surface area contributed by atoms with Crippen LogP contribution in [0.15, 0.2) is 30.3 Å². The number of carbonyl (C=O) groups excluding carboxylic acids is 1. The summed E-state index contributed by atoms with van der Waals surface area (Å²) in [5, 5.41) is 2.96. The highest BCUT2D eigenvalue weighted by molar-refractivity contribution is 5.91. The summed E-state index contributed by atoms with van der Waals surface area (Å²) >= 11 is 0. The van der Waals surface area contributed by atoms with Gasteiger partial charge in [0.2, 0.25) is 5.91 Å². The maximum Gasteiger partial charge on any atom is 0.243 e. The van der Waals surface area contributed by atoms with Gasteiger partial charge in [0.25, 0.3) is 0 Å². The normalized spacial score (nSPS) is 11.1. The van der Waals surface area contributed by atoms with Crippen LogP contribution in [-0.2, 0) is 4.79 Å². The van der Waals surface area contributed by atoms with E-state index in [2.05, 4.69) is 31.3 Å². The Morgan fingerprint density at radius 2 is 1.42 bits per heavy atom. The van der Waals surface area contributed by atoms with Gasteiger partial charge in [-0.05, 0) is 25.0 Å². The van der Waals surface area contributed by atoms with Crippen LogP contribution >= 0.6 is 0 Å². The van der Waals surface area contributed by atoms with Crippen LogP contribution < -0.4 is 5.32 Å². The Bertz CT molecular complexity index is 461. The summed E-state index contributed by atoms with van der Waals surface area (Å²) in [5.41, 5.74) is 2.30. The first-order valence-corrected chi connectivity index (χ1v) is 9.75. The molecule has 1 N–H and O–H groups in total. The lowest BCUT2D eigenvalue weighted by Crippen LogP contribution is -2.21. The molecule has 0 heterocycles. The smallest absolute Gasteiger partial charge is 0.243 e. The highest BCUT2D eigenvalue weighted by Gasteiger charge is 1.96. The van der Waals surface area contributed by atoms with Gasteiger partial charge in [-0.1, -0.05) is 94.5 Å². The molecule has 2 heteroatoms. The second kappa shape index (κ2) is 13.8. The summed E-state index contributed by atoms with van der Waals surface area (Å²) in [5.74, 6) is 0.00602. The number of benzene rings is 1. The molecule has 24 heavy (non-hydrogen) atoms. The predicted octanol–water partition coefficient (Wildman–Crippen LogP) is 6.05. The minimum absolute atomic E-state index is 0.00602. The van der Waals surface area contributed by atoms with Crippen LogP contribution in [-0.4, -0.2) is 12.5 Å². The van der Waals surface area contributed by atoms with Gasteiger partial charge in [-0.25, -0.2) is 0 Å². The summed E-state index contributed by atoms with van der Waals surface area (Å²) < 4.78 is 0. The number of amides is 1. The van der Waals surface area contributed by atoms with Crippen molar-refractivity contribution in [2.75, 3.05) is 6.54 Å². The van der Waals surface area contributed by atoms with Crippen LogP contribution in [0.5, 0.6) is 0 Å². The van der Waals surface area contributed by atoms with Crippen molar-refractivity contribution >= 4 is 12.0 Å². The second-order valence-corrected chi connectivity index (χ2v) is 6.72. The summed E-state index contributed by atoms with van der Waals surface area (Å²) in [6, 6.07) is 8.17. The maximum atomic E-state index is 11.7. The SMILES string of the molecule is CCCCCCCCCCCCNC(=O)C=Cc1ccc(C)cc1. The van der Waals surface area contributed by atoms with Gasteiger partial charge in [-0.15, -0.1) is 0 Å². The molecule has 0 spiro atoms. The van der Waals surface area contributed by atoms with Gasteiger partial charge < -0.3 is 5.32 Å². The van der Waals surface area contributed by atoms with Crippen LogP contribution in [0.3, 0.4) is 0 Å². The molecule has 0 fully saturated rings. The van der Waals surface area contributed by atoms with E-state index in [1.807, 2.05) is 18.2 Å². The molecule has 0 saturated heterocycles. The van der Waals surface area contributed by atoms with Crippen molar-refractivity contribution in [1.29, 1.82) is 0 Å². The molecule has 0 atom stereocenters. The zero-order valence-corrected chi connectivity index (χ0v) is 15.7. The van der Waals surface area contributed by atoms with E-state index in [9.17, 15) is 4.79 Å². The molecule has 0 aromatic heterocycles. The van der Waals surface area contributed by atoms with E-state index in [4.69, 9.17) is 0 Å². The van der Waals surface area contributed by atoms with E-state index in [1.165, 1.54) is 63.4 Å². The Morgan fingerprint density at radius 3 is 2.00 bits per heavy atom. The van der Waals surface area contributed by atoms with Crippen LogP contribution in [0.1, 0.15) is 82.3 Å². The Morgan fingerprint density at radius 1 is 0.875 bits per heavy atom. The lowest BCUT2D eigenvalue weighted by molar-refractivity contribution is -0.116. The van der Waals surface area contributed by atoms with E-state index in [0.29, 0.717) is 0 Å². The van der Waals surface area contributed by atoms with Crippen molar-refractivity contribution in [2.24, 2.45) is 0 Å². The fraction of sp³-hybridized carbons (Fsp3) is 0.591. The minimum Gasteiger partial charge on any atom is -0.353 e. The largest absolute Gasteiger partial charge is 0.353 e. The van der Waals surface area contributed by atoms with Gasteiger partial charge in [0.1, 0.15) is 0 Å². The van der Waals surface area contributed by atoms with Crippen molar-refractivity contribution in [1.82, 2.24) is 5.32 Å². The number of carbonyl (C=O) groups is 1. The summed E-state index contributed by atoms with van der Waals surface area (Å²) in [6.07, 6.45) is 16.7. The standard InChI is InChI=1S/C22H35NO/c1-3-4-5-6-7-8-9-10-11-12-19-23-22(24)18-17-21-15-13-20(2)14-16-21/h13-18H,3-12,19H2,1-2H3,(H,23,24). The van der Waals surface area contributed by atoms with Gasteiger partial charge in [0.05, 0.1) is 0 Å². The molecular weight excluding hydrogens is 294 g/mol. The lowest BCUT2D eigenvalue weighted by Gasteiger charge is -2.03. The summed E-state index contributed by atoms with van der Waals surface area (Å²) in [6.45, 7) is 5.11. The van der Waals surface area contributed by atoms with E-state index < -0.39 is 0 Å². The molecule has 1 aromatic rings. The van der Waals surface area contributed by atoms with Crippen molar-refractivity contribution in [3.8, 4) is 0 Å². The van der Waals surface area contributed by atoms with Crippen molar-refractivity contribution in [2.45, 2.75) is 78.1 Å². The molecule has 0 aliphatic carbocycles. The third-order valence-electron chi connectivity index (χ3n) is 4.33. The minimum atomic E-state index is 0.00602. The van der Waals surface area contributed by atoms with Crippen LogP contribution in [0.2, 0.25) is 0 Å². The Hall–Kier alpha value is -1.57. The molecule has 1 aromatic carbocycles. The molecule has 0 bridgehead atoms. The average Bonchev–Trinajstić information content (AvgIpc) is 2.59. The first-order chi connectivity index (χ1) is 11.7. The average molecular weight is 330 g/mol. The molecule has 2 nitrogen and oxygen atoms in total. The van der Waals surface area contributed by atoms with E-state index in [0.717, 1.165) is 18.5 Å². The van der Waals surface area contributed by atoms with Crippen LogP contribution in [0.4, 0.5) is 0 Å². The van der Waals surface area contributed by atoms with Gasteiger partial charge in [0, 0.05) is 12.6 Å². The molecule has 134 valence electrons. The summed E-state index contributed by atoms with van der Waals surface area (Å²) in [7, 11) is 0. The van der Waals surface area contributed by atoms with Crippen molar-refractivity contribution < 1.29 is 4.79 Å². The molecule has 1 rings (SSSR count). The van der Waals surface area contributed by atoms with E-state index in [1.54, 1.807) is 6.08 Å². The highest BCUT2D eigenvalue weighted by atomic mass is 16.1. The third kappa shape index (κ3) is 11.0. The monoisotopic (exact) mass is 329 g/mol. The predicted molar refractivity (Wildman–Crippen MR) is 105 cm³/mol. The number of hydrogen-bond donors (Lipinski definition) is 1. The van der Waals surface area contributed by atoms with Gasteiger partial charge in [-0.3, -0.25) is 4.79 Å². The summed E-state index contributed by atoms with van der Waals surface area (Å²) in [4.78, 5) is 11.7. The number of aryl methyl sites for hydroxylation is 1. The fourth-order valence-electron chi connectivity index (χ4n) is 2.73. The highest BCUT2D eigenvalue weighted by Crippen LogP contribution is 2.10. The first-order valence-electron chi connectivity index (χ1n) is 9.75. The molecule has 0 saturated carbocycles. The number of rotatable bonds is 13. The van der Waals surface area contributed by atoms with Crippen molar-refractivity contribution in [3.63, 3.8) is 0 Å². The van der Waals surface area contributed by atoms with Gasteiger partial charge in [0.15, 0.2) is 0 Å². The molecule has 0 radical (unpaired) electrons. The van der Waals surface area contributed by atoms with E-state index in [-0.39, 0.29) is 5.91 Å². The number of nitrogens with one attached hydrogen (secondary N) is 1. The van der Waals surface area contributed by atoms with E-state index >= 15 is 0 Å². The maximum absolute atomic E-state index is 11.7. The topological polar surface area (TPSA) is 29.1 Å². The fourth-order valence-corrected chi connectivity index (χ4v) is 2.73. The van der Waals surface area contributed by atoms with Gasteiger partial charge in [-0.2, -0.15) is 0 Å². The lowest BCUT2D eigenvalue weighted by atomic mass is 10.1. The zero-order valence-electron chi connectivity index (χ0n) is 15.7. The molecule has 0 aliphatic heterocycles. The molecule has 0 unspecified atom stereocenters. The number of unbranched alkanes of at least 4 members (excludes halogenated alkanes) is 9. The Kier molecular flexibility index (Phi) is 11.8. The Labute approximate surface area is 148 Å².